The highest BCUT2D eigenvalue weighted by Gasteiger charge is 2.47. The van der Waals surface area contributed by atoms with Crippen molar-refractivity contribution in [3.05, 3.63) is 126 Å². The van der Waals surface area contributed by atoms with Crippen LogP contribution >= 0.6 is 46.4 Å². The highest BCUT2D eigenvalue weighted by atomic mass is 35.5. The maximum Gasteiger partial charge on any atom is 0.0673 e. The number of aliphatic imine (C=N–C) groups is 2. The summed E-state index contributed by atoms with van der Waals surface area (Å²) in [5.74, 6) is 0. The van der Waals surface area contributed by atoms with Gasteiger partial charge >= 0.3 is 0 Å². The predicted molar refractivity (Wildman–Crippen MR) is 158 cm³/mol. The summed E-state index contributed by atoms with van der Waals surface area (Å²) in [7, 11) is 0. The number of benzene rings is 4. The molecular weight excluding hydrogens is 542 g/mol. The third-order valence-electron chi connectivity index (χ3n) is 7.52. The Kier molecular flexibility index (Phi) is 6.63. The topological polar surface area (TPSA) is 24.7 Å². The van der Waals surface area contributed by atoms with E-state index in [2.05, 4.69) is 36.4 Å². The number of aryl methyl sites for hydroxylation is 2. The molecule has 0 fully saturated rings. The molecule has 0 aliphatic heterocycles. The maximum absolute atomic E-state index is 6.42. The van der Waals surface area contributed by atoms with E-state index in [-0.39, 0.29) is 5.41 Å². The van der Waals surface area contributed by atoms with Gasteiger partial charge in [-0.25, -0.2) is 0 Å². The van der Waals surface area contributed by atoms with Crippen LogP contribution in [0.4, 0.5) is 11.4 Å². The van der Waals surface area contributed by atoms with Gasteiger partial charge in [-0.3, -0.25) is 9.98 Å². The molecular formula is C31H22Cl4N2. The van der Waals surface area contributed by atoms with E-state index < -0.39 is 0 Å². The second-order valence-electron chi connectivity index (χ2n) is 9.49. The van der Waals surface area contributed by atoms with Gasteiger partial charge < -0.3 is 0 Å². The molecule has 0 unspecified atom stereocenters. The Morgan fingerprint density at radius 3 is 1.32 bits per heavy atom. The normalized spacial score (nSPS) is 18.3. The first-order valence-electron chi connectivity index (χ1n) is 12.2. The van der Waals surface area contributed by atoms with Gasteiger partial charge in [0.05, 0.1) is 31.5 Å². The molecule has 2 aliphatic rings. The summed E-state index contributed by atoms with van der Waals surface area (Å²) >= 11 is 25.7. The Morgan fingerprint density at radius 1 is 0.541 bits per heavy atom. The zero-order valence-electron chi connectivity index (χ0n) is 19.8. The van der Waals surface area contributed by atoms with Crippen LogP contribution in [0.25, 0.3) is 0 Å². The van der Waals surface area contributed by atoms with Gasteiger partial charge in [0.1, 0.15) is 0 Å². The summed E-state index contributed by atoms with van der Waals surface area (Å²) in [6, 6.07) is 23.8. The van der Waals surface area contributed by atoms with Crippen molar-refractivity contribution in [2.24, 2.45) is 9.98 Å². The van der Waals surface area contributed by atoms with Crippen molar-refractivity contribution in [3.63, 3.8) is 0 Å². The number of hydrogen-bond acceptors (Lipinski definition) is 2. The minimum atomic E-state index is -0.152. The second kappa shape index (κ2) is 9.93. The highest BCUT2D eigenvalue weighted by Crippen LogP contribution is 2.57. The maximum atomic E-state index is 6.42. The number of halogens is 4. The average molecular weight is 564 g/mol. The van der Waals surface area contributed by atoms with Gasteiger partial charge in [0, 0.05) is 29.0 Å². The lowest BCUT2D eigenvalue weighted by Gasteiger charge is -2.29. The van der Waals surface area contributed by atoms with Crippen molar-refractivity contribution in [1.29, 1.82) is 0 Å². The molecule has 6 rings (SSSR count). The molecule has 0 bridgehead atoms. The van der Waals surface area contributed by atoms with Crippen molar-refractivity contribution >= 4 is 70.2 Å². The lowest BCUT2D eigenvalue weighted by Crippen LogP contribution is -2.21. The molecule has 0 saturated heterocycles. The van der Waals surface area contributed by atoms with Gasteiger partial charge in [-0.1, -0.05) is 82.8 Å². The van der Waals surface area contributed by atoms with Crippen LogP contribution in [0.1, 0.15) is 46.2 Å². The smallest absolute Gasteiger partial charge is 0.0673 e. The average Bonchev–Trinajstić information content (AvgIpc) is 3.46. The van der Waals surface area contributed by atoms with Gasteiger partial charge in [0.15, 0.2) is 0 Å². The summed E-state index contributed by atoms with van der Waals surface area (Å²) in [4.78, 5) is 9.88. The van der Waals surface area contributed by atoms with E-state index >= 15 is 0 Å². The van der Waals surface area contributed by atoms with Crippen molar-refractivity contribution in [3.8, 4) is 0 Å². The first kappa shape index (κ1) is 24.7. The van der Waals surface area contributed by atoms with Gasteiger partial charge in [-0.05, 0) is 84.3 Å². The van der Waals surface area contributed by atoms with Crippen LogP contribution in [0.2, 0.25) is 20.1 Å². The van der Waals surface area contributed by atoms with Gasteiger partial charge in [-0.15, -0.1) is 0 Å². The molecule has 0 amide bonds. The fraction of sp³-hybridized carbons (Fsp3) is 0.161. The Hall–Kier alpha value is -2.62. The Labute approximate surface area is 236 Å². The summed E-state index contributed by atoms with van der Waals surface area (Å²) in [6.45, 7) is 0. The fourth-order valence-electron chi connectivity index (χ4n) is 5.89. The second-order valence-corrected chi connectivity index (χ2v) is 11.1. The Balaban J connectivity index is 1.47. The Morgan fingerprint density at radius 2 is 0.919 bits per heavy atom. The molecule has 0 atom stereocenters. The minimum absolute atomic E-state index is 0.152. The predicted octanol–water partition coefficient (Wildman–Crippen LogP) is 9.98. The Bertz CT molecular complexity index is 1430. The first-order chi connectivity index (χ1) is 18.0. The summed E-state index contributed by atoms with van der Waals surface area (Å²) in [6.07, 6.45) is 7.61. The van der Waals surface area contributed by atoms with E-state index in [1.54, 1.807) is 12.4 Å². The monoisotopic (exact) mass is 562 g/mol. The van der Waals surface area contributed by atoms with Crippen molar-refractivity contribution in [2.75, 3.05) is 0 Å². The molecule has 4 aromatic carbocycles. The van der Waals surface area contributed by atoms with E-state index in [0.717, 1.165) is 48.2 Å². The lowest BCUT2D eigenvalue weighted by molar-refractivity contribution is 0.509. The molecule has 2 aliphatic carbocycles. The van der Waals surface area contributed by atoms with Crippen LogP contribution in [0.3, 0.4) is 0 Å². The number of hydrogen-bond donors (Lipinski definition) is 0. The van der Waals surface area contributed by atoms with Crippen LogP contribution < -0.4 is 0 Å². The molecule has 1 spiro atoms. The van der Waals surface area contributed by atoms with Crippen LogP contribution in [-0.4, -0.2) is 12.4 Å². The molecule has 0 N–H and O–H groups in total. The van der Waals surface area contributed by atoms with Crippen LogP contribution in [0.5, 0.6) is 0 Å². The molecule has 2 nitrogen and oxygen atoms in total. The third kappa shape index (κ3) is 4.30. The summed E-state index contributed by atoms with van der Waals surface area (Å²) in [5.41, 5.74) is 8.44. The van der Waals surface area contributed by atoms with Crippen LogP contribution in [0.15, 0.2) is 82.8 Å². The third-order valence-corrected chi connectivity index (χ3v) is 8.84. The van der Waals surface area contributed by atoms with Gasteiger partial charge in [0.2, 0.25) is 0 Å². The highest BCUT2D eigenvalue weighted by molar-refractivity contribution is 6.39. The quantitative estimate of drug-likeness (QED) is 0.221. The molecule has 0 aromatic heterocycles. The van der Waals surface area contributed by atoms with Crippen molar-refractivity contribution < 1.29 is 0 Å². The SMILES string of the molecule is Clc1cccc(Cl)c1C=Nc1cccc2c1C1(CC2)CCc2cccc(N=Cc3c(Cl)cccc3Cl)c21. The molecule has 0 heterocycles. The molecule has 37 heavy (non-hydrogen) atoms. The summed E-state index contributed by atoms with van der Waals surface area (Å²) < 4.78 is 0. The molecule has 6 heteroatoms. The molecule has 0 radical (unpaired) electrons. The zero-order valence-corrected chi connectivity index (χ0v) is 22.8. The van der Waals surface area contributed by atoms with Crippen molar-refractivity contribution in [1.82, 2.24) is 0 Å². The standard InChI is InChI=1S/C31H22Cl4N2/c32-23-7-3-8-24(33)21(23)17-36-27-11-1-5-19-13-15-31(29(19)27)16-14-20-6-2-12-28(30(20)31)37-18-22-25(34)9-4-10-26(22)35/h1-12,17-18H,13-16H2. The lowest BCUT2D eigenvalue weighted by atomic mass is 9.75. The minimum Gasteiger partial charge on any atom is -0.256 e. The van der Waals surface area contributed by atoms with E-state index in [4.69, 9.17) is 56.4 Å². The number of nitrogens with zero attached hydrogens (tertiary/aromatic N) is 2. The molecule has 184 valence electrons. The molecule has 0 saturated carbocycles. The van der Waals surface area contributed by atoms with Crippen LogP contribution in [-0.2, 0) is 18.3 Å². The fourth-order valence-corrected chi connectivity index (χ4v) is 6.88. The number of rotatable bonds is 4. The molecule has 4 aromatic rings. The van der Waals surface area contributed by atoms with E-state index in [0.29, 0.717) is 20.1 Å². The van der Waals surface area contributed by atoms with Gasteiger partial charge in [0.25, 0.3) is 0 Å². The van der Waals surface area contributed by atoms with Gasteiger partial charge in [-0.2, -0.15) is 0 Å². The van der Waals surface area contributed by atoms with E-state index in [1.165, 1.54) is 22.3 Å². The summed E-state index contributed by atoms with van der Waals surface area (Å²) in [5, 5.41) is 2.33. The van der Waals surface area contributed by atoms with Crippen molar-refractivity contribution in [2.45, 2.75) is 31.1 Å². The zero-order chi connectivity index (χ0) is 25.6. The number of fused-ring (bicyclic) bond motifs is 4. The first-order valence-corrected chi connectivity index (χ1v) is 13.7. The van der Waals surface area contributed by atoms with Crippen LogP contribution in [0, 0.1) is 0 Å². The van der Waals surface area contributed by atoms with E-state index in [9.17, 15) is 0 Å². The largest absolute Gasteiger partial charge is 0.256 e. The van der Waals surface area contributed by atoms with E-state index in [1.807, 2.05) is 36.4 Å².